The Morgan fingerprint density at radius 3 is 2.75 bits per heavy atom. The summed E-state index contributed by atoms with van der Waals surface area (Å²) >= 11 is 1.10. The minimum absolute atomic E-state index is 0.0914. The molecule has 6 nitrogen and oxygen atoms in total. The number of carbonyl (C=O) groups is 1. The lowest BCUT2D eigenvalue weighted by Crippen LogP contribution is -2.34. The first kappa shape index (κ1) is 15.4. The highest BCUT2D eigenvalue weighted by Crippen LogP contribution is 2.23. The fraction of sp³-hybridized carbons (Fsp3) is 0.583. The molecular formula is C12H18N2O4S2. The highest BCUT2D eigenvalue weighted by molar-refractivity contribution is 7.89. The second-order valence-electron chi connectivity index (χ2n) is 4.90. The summed E-state index contributed by atoms with van der Waals surface area (Å²) < 4.78 is 28.1. The van der Waals surface area contributed by atoms with Crippen LogP contribution in [0.4, 0.5) is 0 Å². The Morgan fingerprint density at radius 1 is 1.50 bits per heavy atom. The summed E-state index contributed by atoms with van der Waals surface area (Å²) in [6, 6.07) is 1.37. The van der Waals surface area contributed by atoms with Gasteiger partial charge in [0.25, 0.3) is 5.91 Å². The van der Waals surface area contributed by atoms with Crippen LogP contribution in [-0.2, 0) is 14.8 Å². The van der Waals surface area contributed by atoms with Crippen molar-refractivity contribution >= 4 is 27.3 Å². The van der Waals surface area contributed by atoms with E-state index in [0.29, 0.717) is 25.7 Å². The number of hydrogen-bond acceptors (Lipinski definition) is 5. The van der Waals surface area contributed by atoms with E-state index < -0.39 is 10.0 Å². The predicted octanol–water partition coefficient (Wildman–Crippen LogP) is 0.894. The first-order valence-corrected chi connectivity index (χ1v) is 8.75. The van der Waals surface area contributed by atoms with Gasteiger partial charge in [-0.05, 0) is 30.2 Å². The third-order valence-corrected chi connectivity index (χ3v) is 5.33. The molecular weight excluding hydrogens is 300 g/mol. The third-order valence-electron chi connectivity index (χ3n) is 3.35. The molecule has 1 aromatic heterocycles. The molecule has 1 aliphatic rings. The Hall–Kier alpha value is -0.960. The molecule has 2 N–H and O–H groups in total. The second kappa shape index (κ2) is 6.21. The topological polar surface area (TPSA) is 89.7 Å². The fourth-order valence-corrected chi connectivity index (χ4v) is 4.21. The number of nitrogens with two attached hydrogens (primary N) is 1. The lowest BCUT2D eigenvalue weighted by atomic mass is 10.00. The van der Waals surface area contributed by atoms with Gasteiger partial charge in [-0.3, -0.25) is 4.79 Å². The molecule has 1 saturated heterocycles. The molecule has 8 heteroatoms. The van der Waals surface area contributed by atoms with Crippen LogP contribution in [0.15, 0.2) is 16.3 Å². The molecule has 0 spiro atoms. The number of sulfonamides is 1. The van der Waals surface area contributed by atoms with Gasteiger partial charge in [-0.2, -0.15) is 0 Å². The van der Waals surface area contributed by atoms with E-state index in [4.69, 9.17) is 9.88 Å². The van der Waals surface area contributed by atoms with Crippen molar-refractivity contribution in [2.45, 2.75) is 17.7 Å². The van der Waals surface area contributed by atoms with Crippen LogP contribution in [0.3, 0.4) is 0 Å². The normalized spacial score (nSPS) is 17.1. The molecule has 0 unspecified atom stereocenters. The van der Waals surface area contributed by atoms with Gasteiger partial charge in [-0.1, -0.05) is 0 Å². The van der Waals surface area contributed by atoms with Gasteiger partial charge in [-0.25, -0.2) is 13.6 Å². The first-order valence-electron chi connectivity index (χ1n) is 6.33. The summed E-state index contributed by atoms with van der Waals surface area (Å²) in [6.45, 7) is 2.03. The molecule has 2 heterocycles. The van der Waals surface area contributed by atoms with Crippen LogP contribution in [0, 0.1) is 5.92 Å². The molecule has 1 aromatic rings. The van der Waals surface area contributed by atoms with Crippen molar-refractivity contribution < 1.29 is 17.9 Å². The summed E-state index contributed by atoms with van der Waals surface area (Å²) in [4.78, 5) is 14.0. The lowest BCUT2D eigenvalue weighted by Gasteiger charge is -2.27. The van der Waals surface area contributed by atoms with Crippen molar-refractivity contribution in [2.24, 2.45) is 11.1 Å². The zero-order valence-electron chi connectivity index (χ0n) is 11.2. The Bertz CT molecular complexity index is 576. The molecule has 1 aliphatic heterocycles. The van der Waals surface area contributed by atoms with Crippen molar-refractivity contribution in [3.63, 3.8) is 0 Å². The van der Waals surface area contributed by atoms with Crippen LogP contribution < -0.4 is 5.14 Å². The molecule has 0 bridgehead atoms. The molecule has 2 rings (SSSR count). The number of carbonyl (C=O) groups excluding carboxylic acids is 1. The largest absolute Gasteiger partial charge is 0.381 e. The number of nitrogens with zero attached hydrogens (tertiary/aromatic N) is 1. The Balaban J connectivity index is 2.09. The van der Waals surface area contributed by atoms with Gasteiger partial charge in [0.1, 0.15) is 9.77 Å². The van der Waals surface area contributed by atoms with Gasteiger partial charge >= 0.3 is 0 Å². The second-order valence-corrected chi connectivity index (χ2v) is 7.35. The maximum Gasteiger partial charge on any atom is 0.265 e. The first-order chi connectivity index (χ1) is 9.39. The summed E-state index contributed by atoms with van der Waals surface area (Å²) in [5.41, 5.74) is 0. The molecule has 0 aromatic carbocycles. The molecule has 112 valence electrons. The smallest absolute Gasteiger partial charge is 0.265 e. The molecule has 0 aliphatic carbocycles. The van der Waals surface area contributed by atoms with E-state index in [1.807, 2.05) is 0 Å². The summed E-state index contributed by atoms with van der Waals surface area (Å²) in [6.07, 6.45) is 1.84. The average Bonchev–Trinajstić information content (AvgIpc) is 2.88. The average molecular weight is 318 g/mol. The van der Waals surface area contributed by atoms with E-state index in [2.05, 4.69) is 0 Å². The monoisotopic (exact) mass is 318 g/mol. The lowest BCUT2D eigenvalue weighted by molar-refractivity contribution is 0.0498. The number of hydrogen-bond donors (Lipinski definition) is 1. The maximum atomic E-state index is 12.3. The van der Waals surface area contributed by atoms with Crippen LogP contribution in [0.1, 0.15) is 22.5 Å². The van der Waals surface area contributed by atoms with Crippen molar-refractivity contribution in [3.8, 4) is 0 Å². The highest BCUT2D eigenvalue weighted by Gasteiger charge is 2.25. The van der Waals surface area contributed by atoms with Gasteiger partial charge in [0, 0.05) is 26.8 Å². The molecule has 20 heavy (non-hydrogen) atoms. The van der Waals surface area contributed by atoms with E-state index in [0.717, 1.165) is 24.2 Å². The van der Waals surface area contributed by atoms with Crippen molar-refractivity contribution in [1.29, 1.82) is 0 Å². The zero-order chi connectivity index (χ0) is 14.8. The number of amides is 1. The summed E-state index contributed by atoms with van der Waals surface area (Å²) in [5.74, 6) is 0.103. The van der Waals surface area contributed by atoms with E-state index in [1.165, 1.54) is 6.07 Å². The maximum absolute atomic E-state index is 12.3. The van der Waals surface area contributed by atoms with Crippen molar-refractivity contribution in [2.75, 3.05) is 26.8 Å². The third kappa shape index (κ3) is 3.57. The summed E-state index contributed by atoms with van der Waals surface area (Å²) in [5, 5.41) is 6.68. The molecule has 0 radical (unpaired) electrons. The number of thiophene rings is 1. The van der Waals surface area contributed by atoms with Crippen LogP contribution >= 0.6 is 11.3 Å². The van der Waals surface area contributed by atoms with Crippen molar-refractivity contribution in [3.05, 3.63) is 16.3 Å². The zero-order valence-corrected chi connectivity index (χ0v) is 12.9. The van der Waals surface area contributed by atoms with E-state index in [1.54, 1.807) is 17.3 Å². The molecule has 0 atom stereocenters. The SMILES string of the molecule is CN(CC1CCOCC1)C(=O)c1sccc1S(N)(=O)=O. The molecule has 0 saturated carbocycles. The molecule has 1 amide bonds. The Kier molecular flexibility index (Phi) is 4.79. The quantitative estimate of drug-likeness (QED) is 0.893. The Morgan fingerprint density at radius 2 is 2.15 bits per heavy atom. The Labute approximate surface area is 122 Å². The molecule has 1 fully saturated rings. The minimum atomic E-state index is -3.86. The van der Waals surface area contributed by atoms with Crippen LogP contribution in [-0.4, -0.2) is 46.0 Å². The van der Waals surface area contributed by atoms with Crippen molar-refractivity contribution in [1.82, 2.24) is 4.90 Å². The van der Waals surface area contributed by atoms with Crippen LogP contribution in [0.5, 0.6) is 0 Å². The number of primary sulfonamides is 1. The van der Waals surface area contributed by atoms with E-state index in [9.17, 15) is 13.2 Å². The van der Waals surface area contributed by atoms with E-state index in [-0.39, 0.29) is 15.7 Å². The van der Waals surface area contributed by atoms with Crippen LogP contribution in [0.25, 0.3) is 0 Å². The predicted molar refractivity (Wildman–Crippen MR) is 76.2 cm³/mol. The van der Waals surface area contributed by atoms with Gasteiger partial charge < -0.3 is 9.64 Å². The number of rotatable bonds is 4. The number of ether oxygens (including phenoxy) is 1. The van der Waals surface area contributed by atoms with Gasteiger partial charge in [0.05, 0.1) is 0 Å². The van der Waals surface area contributed by atoms with Gasteiger partial charge in [-0.15, -0.1) is 11.3 Å². The summed E-state index contributed by atoms with van der Waals surface area (Å²) in [7, 11) is -2.17. The highest BCUT2D eigenvalue weighted by atomic mass is 32.2. The standard InChI is InChI=1S/C12H18N2O4S2/c1-14(8-9-2-5-18-6-3-9)12(15)11-10(4-7-19-11)20(13,16)17/h4,7,9H,2-3,5-6,8H2,1H3,(H2,13,16,17). The fourth-order valence-electron chi connectivity index (χ4n) is 2.25. The minimum Gasteiger partial charge on any atom is -0.381 e. The van der Waals surface area contributed by atoms with Crippen LogP contribution in [0.2, 0.25) is 0 Å². The van der Waals surface area contributed by atoms with E-state index >= 15 is 0 Å². The van der Waals surface area contributed by atoms with Gasteiger partial charge in [0.2, 0.25) is 10.0 Å². The van der Waals surface area contributed by atoms with Gasteiger partial charge in [0.15, 0.2) is 0 Å².